The highest BCUT2D eigenvalue weighted by molar-refractivity contribution is 5.92. The average molecular weight is 329 g/mol. The van der Waals surface area contributed by atoms with Gasteiger partial charge in [-0.25, -0.2) is 0 Å². The fraction of sp³-hybridized carbons (Fsp3) is 0.632. The van der Waals surface area contributed by atoms with Crippen LogP contribution in [0.3, 0.4) is 0 Å². The van der Waals surface area contributed by atoms with Gasteiger partial charge in [-0.2, -0.15) is 0 Å². The van der Waals surface area contributed by atoms with Crippen molar-refractivity contribution >= 4 is 11.6 Å². The Bertz CT molecular complexity index is 575. The SMILES string of the molecule is CCN1CCN(C(C)CN=C(N)Nc2ccc3c(c2)CCC3)CC1. The molecule has 0 amide bonds. The van der Waals surface area contributed by atoms with E-state index in [0.717, 1.165) is 45.0 Å². The second-order valence-electron chi connectivity index (χ2n) is 7.01. The molecule has 1 saturated heterocycles. The summed E-state index contributed by atoms with van der Waals surface area (Å²) in [4.78, 5) is 9.56. The van der Waals surface area contributed by atoms with Gasteiger partial charge < -0.3 is 16.0 Å². The van der Waals surface area contributed by atoms with Gasteiger partial charge in [0.1, 0.15) is 0 Å². The van der Waals surface area contributed by atoms with Crippen LogP contribution in [0.25, 0.3) is 0 Å². The normalized spacial score (nSPS) is 20.8. The molecule has 5 nitrogen and oxygen atoms in total. The highest BCUT2D eigenvalue weighted by Crippen LogP contribution is 2.24. The van der Waals surface area contributed by atoms with Crippen molar-refractivity contribution in [1.29, 1.82) is 0 Å². The molecular weight excluding hydrogens is 298 g/mol. The summed E-state index contributed by atoms with van der Waals surface area (Å²) >= 11 is 0. The third kappa shape index (κ3) is 4.28. The Morgan fingerprint density at radius 2 is 1.96 bits per heavy atom. The number of nitrogens with two attached hydrogens (primary N) is 1. The second-order valence-corrected chi connectivity index (χ2v) is 7.01. The van der Waals surface area contributed by atoms with Crippen molar-refractivity contribution in [2.24, 2.45) is 10.7 Å². The van der Waals surface area contributed by atoms with Gasteiger partial charge in [-0.05, 0) is 56.0 Å². The van der Waals surface area contributed by atoms with Crippen LogP contribution in [0.5, 0.6) is 0 Å². The van der Waals surface area contributed by atoms with Crippen LogP contribution < -0.4 is 11.1 Å². The van der Waals surface area contributed by atoms with E-state index in [1.807, 2.05) is 0 Å². The van der Waals surface area contributed by atoms with Gasteiger partial charge in [-0.15, -0.1) is 0 Å². The Labute approximate surface area is 145 Å². The zero-order valence-electron chi connectivity index (χ0n) is 15.1. The number of nitrogens with zero attached hydrogens (tertiary/aromatic N) is 3. The first-order valence-electron chi connectivity index (χ1n) is 9.31. The Hall–Kier alpha value is -1.59. The average Bonchev–Trinajstić information content (AvgIpc) is 3.07. The summed E-state index contributed by atoms with van der Waals surface area (Å²) in [6, 6.07) is 6.98. The molecular formula is C19H31N5. The van der Waals surface area contributed by atoms with Gasteiger partial charge in [-0.3, -0.25) is 9.89 Å². The maximum Gasteiger partial charge on any atom is 0.193 e. The van der Waals surface area contributed by atoms with E-state index in [0.29, 0.717) is 12.0 Å². The molecule has 1 aliphatic carbocycles. The topological polar surface area (TPSA) is 56.9 Å². The van der Waals surface area contributed by atoms with Gasteiger partial charge >= 0.3 is 0 Å². The van der Waals surface area contributed by atoms with E-state index >= 15 is 0 Å². The summed E-state index contributed by atoms with van der Waals surface area (Å²) < 4.78 is 0. The van der Waals surface area contributed by atoms with Crippen LogP contribution in [0.4, 0.5) is 5.69 Å². The summed E-state index contributed by atoms with van der Waals surface area (Å²) in [5.74, 6) is 0.520. The van der Waals surface area contributed by atoms with E-state index in [1.54, 1.807) is 0 Å². The van der Waals surface area contributed by atoms with Gasteiger partial charge in [0.2, 0.25) is 0 Å². The third-order valence-corrected chi connectivity index (χ3v) is 5.37. The number of hydrogen-bond acceptors (Lipinski definition) is 3. The molecule has 1 heterocycles. The predicted octanol–water partition coefficient (Wildman–Crippen LogP) is 1.93. The first kappa shape index (κ1) is 17.2. The van der Waals surface area contributed by atoms with E-state index in [-0.39, 0.29) is 0 Å². The third-order valence-electron chi connectivity index (χ3n) is 5.37. The lowest BCUT2D eigenvalue weighted by Crippen LogP contribution is -2.50. The maximum absolute atomic E-state index is 6.08. The van der Waals surface area contributed by atoms with Crippen molar-refractivity contribution in [3.8, 4) is 0 Å². The Balaban J connectivity index is 1.49. The van der Waals surface area contributed by atoms with Gasteiger partial charge in [0.15, 0.2) is 5.96 Å². The number of nitrogens with one attached hydrogen (secondary N) is 1. The summed E-state index contributed by atoms with van der Waals surface area (Å²) in [5, 5.41) is 3.25. The van der Waals surface area contributed by atoms with Crippen LogP contribution in [0.15, 0.2) is 23.2 Å². The zero-order chi connectivity index (χ0) is 16.9. The minimum atomic E-state index is 0.435. The molecule has 3 rings (SSSR count). The van der Waals surface area contributed by atoms with Crippen molar-refractivity contribution in [3.63, 3.8) is 0 Å². The van der Waals surface area contributed by atoms with Gasteiger partial charge in [0.25, 0.3) is 0 Å². The minimum absolute atomic E-state index is 0.435. The summed E-state index contributed by atoms with van der Waals surface area (Å²) in [6.07, 6.45) is 3.66. The second kappa shape index (κ2) is 7.99. The van der Waals surface area contributed by atoms with Gasteiger partial charge in [-0.1, -0.05) is 13.0 Å². The number of benzene rings is 1. The fourth-order valence-corrected chi connectivity index (χ4v) is 3.70. The molecule has 3 N–H and O–H groups in total. The number of likely N-dealkylation sites (N-methyl/N-ethyl adjacent to an activating group) is 1. The number of aryl methyl sites for hydroxylation is 2. The molecule has 1 aliphatic heterocycles. The van der Waals surface area contributed by atoms with Gasteiger partial charge in [0, 0.05) is 37.9 Å². The maximum atomic E-state index is 6.08. The van der Waals surface area contributed by atoms with Crippen LogP contribution >= 0.6 is 0 Å². The molecule has 1 fully saturated rings. The van der Waals surface area contributed by atoms with Crippen molar-refractivity contribution in [2.45, 2.75) is 39.2 Å². The van der Waals surface area contributed by atoms with Crippen LogP contribution in [0.2, 0.25) is 0 Å². The summed E-state index contributed by atoms with van der Waals surface area (Å²) in [7, 11) is 0. The Morgan fingerprint density at radius 3 is 2.71 bits per heavy atom. The van der Waals surface area contributed by atoms with E-state index < -0.39 is 0 Å². The van der Waals surface area contributed by atoms with Crippen molar-refractivity contribution in [2.75, 3.05) is 44.6 Å². The zero-order valence-corrected chi connectivity index (χ0v) is 15.1. The highest BCUT2D eigenvalue weighted by atomic mass is 15.3. The quantitative estimate of drug-likeness (QED) is 0.640. The standard InChI is InChI=1S/C19H31N5/c1-3-23-9-11-24(12-10-23)15(2)14-21-19(20)22-18-8-7-16-5-4-6-17(16)13-18/h7-8,13,15H,3-6,9-12,14H2,1-2H3,(H3,20,21,22). The molecule has 1 unspecified atom stereocenters. The van der Waals surface area contributed by atoms with E-state index in [4.69, 9.17) is 5.73 Å². The molecule has 2 aliphatic rings. The fourth-order valence-electron chi connectivity index (χ4n) is 3.70. The van der Waals surface area contributed by atoms with Crippen molar-refractivity contribution in [3.05, 3.63) is 29.3 Å². The summed E-state index contributed by atoms with van der Waals surface area (Å²) in [6.45, 7) is 10.9. The number of piperazine rings is 1. The molecule has 132 valence electrons. The lowest BCUT2D eigenvalue weighted by molar-refractivity contribution is 0.109. The Kier molecular flexibility index (Phi) is 5.74. The molecule has 1 aromatic rings. The van der Waals surface area contributed by atoms with E-state index in [2.05, 4.69) is 52.2 Å². The molecule has 5 heteroatoms. The number of fused-ring (bicyclic) bond motifs is 1. The number of hydrogen-bond donors (Lipinski definition) is 2. The van der Waals surface area contributed by atoms with Crippen molar-refractivity contribution < 1.29 is 0 Å². The molecule has 1 atom stereocenters. The number of anilines is 1. The lowest BCUT2D eigenvalue weighted by atomic mass is 10.1. The van der Waals surface area contributed by atoms with Gasteiger partial charge in [0.05, 0.1) is 6.54 Å². The molecule has 0 bridgehead atoms. The largest absolute Gasteiger partial charge is 0.370 e. The summed E-state index contributed by atoms with van der Waals surface area (Å²) in [5.41, 5.74) is 10.1. The molecule has 0 saturated carbocycles. The van der Waals surface area contributed by atoms with Crippen LogP contribution in [0, 0.1) is 0 Å². The lowest BCUT2D eigenvalue weighted by Gasteiger charge is -2.37. The number of aliphatic imine (C=N–C) groups is 1. The minimum Gasteiger partial charge on any atom is -0.370 e. The number of guanidine groups is 1. The van der Waals surface area contributed by atoms with Crippen LogP contribution in [-0.2, 0) is 12.8 Å². The van der Waals surface area contributed by atoms with Crippen molar-refractivity contribution in [1.82, 2.24) is 9.80 Å². The van der Waals surface area contributed by atoms with E-state index in [1.165, 1.54) is 30.4 Å². The first-order chi connectivity index (χ1) is 11.7. The molecule has 0 spiro atoms. The van der Waals surface area contributed by atoms with Crippen LogP contribution in [-0.4, -0.2) is 61.1 Å². The molecule has 24 heavy (non-hydrogen) atoms. The smallest absolute Gasteiger partial charge is 0.193 e. The predicted molar refractivity (Wildman–Crippen MR) is 102 cm³/mol. The number of rotatable bonds is 5. The van der Waals surface area contributed by atoms with Crippen LogP contribution in [0.1, 0.15) is 31.4 Å². The first-order valence-corrected chi connectivity index (χ1v) is 9.31. The molecule has 0 radical (unpaired) electrons. The monoisotopic (exact) mass is 329 g/mol. The highest BCUT2D eigenvalue weighted by Gasteiger charge is 2.19. The van der Waals surface area contributed by atoms with E-state index in [9.17, 15) is 0 Å². The molecule has 0 aromatic heterocycles. The molecule has 1 aromatic carbocycles. The Morgan fingerprint density at radius 1 is 1.21 bits per heavy atom.